The highest BCUT2D eigenvalue weighted by molar-refractivity contribution is 6.32. The van der Waals surface area contributed by atoms with E-state index < -0.39 is 6.10 Å². The maximum Gasteiger partial charge on any atom is 0.115 e. The van der Waals surface area contributed by atoms with Gasteiger partial charge in [0, 0.05) is 24.6 Å². The number of hydrogen-bond acceptors (Lipinski definition) is 2. The van der Waals surface area contributed by atoms with Crippen molar-refractivity contribution in [3.63, 3.8) is 0 Å². The second-order valence-electron chi connectivity index (χ2n) is 4.50. The fraction of sp³-hybridized carbons (Fsp3) is 0.429. The van der Waals surface area contributed by atoms with Gasteiger partial charge in [-0.3, -0.25) is 0 Å². The normalized spacial score (nSPS) is 13.2. The summed E-state index contributed by atoms with van der Waals surface area (Å²) < 4.78 is 7.13. The van der Waals surface area contributed by atoms with Crippen molar-refractivity contribution >= 4 is 22.5 Å². The van der Waals surface area contributed by atoms with Gasteiger partial charge in [0.05, 0.1) is 18.2 Å². The minimum absolute atomic E-state index is 0.578. The van der Waals surface area contributed by atoms with E-state index in [0.29, 0.717) is 18.3 Å². The van der Waals surface area contributed by atoms with Crippen molar-refractivity contribution in [2.45, 2.75) is 26.5 Å². The Morgan fingerprint density at radius 2 is 2.17 bits per heavy atom. The number of para-hydroxylation sites is 1. The van der Waals surface area contributed by atoms with E-state index in [2.05, 4.69) is 0 Å². The number of benzene rings is 1. The molecule has 0 aliphatic rings. The molecule has 4 heteroatoms. The van der Waals surface area contributed by atoms with Crippen LogP contribution in [0.15, 0.2) is 18.2 Å². The number of fused-ring (bicyclic) bond motifs is 1. The van der Waals surface area contributed by atoms with Gasteiger partial charge < -0.3 is 14.4 Å². The van der Waals surface area contributed by atoms with Crippen molar-refractivity contribution in [2.75, 3.05) is 13.7 Å². The van der Waals surface area contributed by atoms with Crippen molar-refractivity contribution in [1.82, 2.24) is 4.57 Å². The van der Waals surface area contributed by atoms with Gasteiger partial charge in [0.25, 0.3) is 0 Å². The summed E-state index contributed by atoms with van der Waals surface area (Å²) in [6.07, 6.45) is -0.578. The number of rotatable bonds is 4. The molecule has 0 fully saturated rings. The smallest absolute Gasteiger partial charge is 0.115 e. The number of methoxy groups -OCH3 is 1. The summed E-state index contributed by atoms with van der Waals surface area (Å²) in [6.45, 7) is 5.07. The van der Waals surface area contributed by atoms with E-state index >= 15 is 0 Å². The standard InChI is InChI=1S/C14H18ClNO2/c1-9-5-4-6-11-12(10(2)17)14(15)16(13(9)11)7-8-18-3/h4-6,10,17H,7-8H2,1-3H3. The molecule has 1 heterocycles. The molecule has 1 unspecified atom stereocenters. The maximum atomic E-state index is 9.90. The molecule has 0 spiro atoms. The first kappa shape index (κ1) is 13.4. The van der Waals surface area contributed by atoms with E-state index in [1.54, 1.807) is 14.0 Å². The van der Waals surface area contributed by atoms with Crippen molar-refractivity contribution in [3.8, 4) is 0 Å². The number of halogens is 1. The highest BCUT2D eigenvalue weighted by atomic mass is 35.5. The van der Waals surface area contributed by atoms with Gasteiger partial charge in [-0.1, -0.05) is 29.8 Å². The summed E-state index contributed by atoms with van der Waals surface area (Å²) >= 11 is 6.40. The zero-order valence-corrected chi connectivity index (χ0v) is 11.7. The summed E-state index contributed by atoms with van der Waals surface area (Å²) in [7, 11) is 1.67. The predicted molar refractivity (Wildman–Crippen MR) is 74.2 cm³/mol. The van der Waals surface area contributed by atoms with Crippen molar-refractivity contribution in [3.05, 3.63) is 34.5 Å². The molecule has 0 radical (unpaired) electrons. The Bertz CT molecular complexity index is 560. The van der Waals surface area contributed by atoms with Gasteiger partial charge in [-0.2, -0.15) is 0 Å². The zero-order chi connectivity index (χ0) is 13.3. The maximum absolute atomic E-state index is 9.90. The number of aryl methyl sites for hydroxylation is 1. The largest absolute Gasteiger partial charge is 0.389 e. The Balaban J connectivity index is 2.71. The topological polar surface area (TPSA) is 34.4 Å². The minimum Gasteiger partial charge on any atom is -0.389 e. The van der Waals surface area contributed by atoms with Crippen LogP contribution < -0.4 is 0 Å². The molecule has 1 aromatic heterocycles. The van der Waals surface area contributed by atoms with Crippen LogP contribution in [0.2, 0.25) is 5.15 Å². The third-order valence-electron chi connectivity index (χ3n) is 3.19. The molecule has 2 aromatic rings. The lowest BCUT2D eigenvalue weighted by Gasteiger charge is -2.08. The molecule has 1 atom stereocenters. The van der Waals surface area contributed by atoms with Gasteiger partial charge in [0.15, 0.2) is 0 Å². The van der Waals surface area contributed by atoms with Crippen LogP contribution in [-0.2, 0) is 11.3 Å². The van der Waals surface area contributed by atoms with Crippen LogP contribution in [0.3, 0.4) is 0 Å². The highest BCUT2D eigenvalue weighted by Crippen LogP contribution is 2.35. The Kier molecular flexibility index (Phi) is 3.95. The summed E-state index contributed by atoms with van der Waals surface area (Å²) in [5, 5.41) is 11.5. The van der Waals surface area contributed by atoms with E-state index in [0.717, 1.165) is 22.0 Å². The number of ether oxygens (including phenoxy) is 1. The first-order valence-electron chi connectivity index (χ1n) is 6.02. The van der Waals surface area contributed by atoms with Gasteiger partial charge in [-0.15, -0.1) is 0 Å². The number of aliphatic hydroxyl groups is 1. The third-order valence-corrected chi connectivity index (χ3v) is 3.60. The van der Waals surface area contributed by atoms with Gasteiger partial charge in [0.1, 0.15) is 5.15 Å². The molecule has 98 valence electrons. The number of aliphatic hydroxyl groups excluding tert-OH is 1. The first-order chi connectivity index (χ1) is 8.57. The number of nitrogens with zero attached hydrogens (tertiary/aromatic N) is 1. The van der Waals surface area contributed by atoms with E-state index in [1.807, 2.05) is 29.7 Å². The Hall–Kier alpha value is -1.03. The fourth-order valence-corrected chi connectivity index (χ4v) is 2.81. The van der Waals surface area contributed by atoms with E-state index in [-0.39, 0.29) is 0 Å². The first-order valence-corrected chi connectivity index (χ1v) is 6.40. The van der Waals surface area contributed by atoms with Crippen molar-refractivity contribution in [2.24, 2.45) is 0 Å². The average molecular weight is 268 g/mol. The lowest BCUT2D eigenvalue weighted by molar-refractivity contribution is 0.187. The average Bonchev–Trinajstić information content (AvgIpc) is 2.60. The lowest BCUT2D eigenvalue weighted by atomic mass is 10.1. The molecular formula is C14H18ClNO2. The highest BCUT2D eigenvalue weighted by Gasteiger charge is 2.19. The van der Waals surface area contributed by atoms with Crippen LogP contribution >= 0.6 is 11.6 Å². The van der Waals surface area contributed by atoms with Crippen LogP contribution in [0.25, 0.3) is 10.9 Å². The summed E-state index contributed by atoms with van der Waals surface area (Å²) in [4.78, 5) is 0. The molecule has 0 aliphatic carbocycles. The molecule has 1 aromatic carbocycles. The molecule has 2 rings (SSSR count). The van der Waals surface area contributed by atoms with Gasteiger partial charge in [0.2, 0.25) is 0 Å². The zero-order valence-electron chi connectivity index (χ0n) is 10.9. The Labute approximate surface area is 112 Å². The Morgan fingerprint density at radius 1 is 1.44 bits per heavy atom. The quantitative estimate of drug-likeness (QED) is 0.922. The van der Waals surface area contributed by atoms with Crippen LogP contribution in [0.5, 0.6) is 0 Å². The summed E-state index contributed by atoms with van der Waals surface area (Å²) in [5.74, 6) is 0. The van der Waals surface area contributed by atoms with Gasteiger partial charge in [-0.25, -0.2) is 0 Å². The van der Waals surface area contributed by atoms with Crippen molar-refractivity contribution < 1.29 is 9.84 Å². The van der Waals surface area contributed by atoms with Crippen LogP contribution in [-0.4, -0.2) is 23.4 Å². The summed E-state index contributed by atoms with van der Waals surface area (Å²) in [5.41, 5.74) is 3.03. The molecule has 3 nitrogen and oxygen atoms in total. The van der Waals surface area contributed by atoms with Gasteiger partial charge >= 0.3 is 0 Å². The second kappa shape index (κ2) is 5.31. The molecular weight excluding hydrogens is 250 g/mol. The fourth-order valence-electron chi connectivity index (χ4n) is 2.38. The predicted octanol–water partition coefficient (Wildman–Crippen LogP) is 3.30. The van der Waals surface area contributed by atoms with Crippen LogP contribution in [0, 0.1) is 6.92 Å². The molecule has 18 heavy (non-hydrogen) atoms. The van der Waals surface area contributed by atoms with Crippen molar-refractivity contribution in [1.29, 1.82) is 0 Å². The molecule has 0 saturated carbocycles. The van der Waals surface area contributed by atoms with Crippen LogP contribution in [0.1, 0.15) is 24.2 Å². The van der Waals surface area contributed by atoms with E-state index in [1.165, 1.54) is 0 Å². The molecule has 0 saturated heterocycles. The monoisotopic (exact) mass is 267 g/mol. The SMILES string of the molecule is COCCn1c(Cl)c(C(C)O)c2cccc(C)c21. The van der Waals surface area contributed by atoms with E-state index in [9.17, 15) is 5.11 Å². The number of hydrogen-bond donors (Lipinski definition) is 1. The van der Waals surface area contributed by atoms with E-state index in [4.69, 9.17) is 16.3 Å². The summed E-state index contributed by atoms with van der Waals surface area (Å²) in [6, 6.07) is 6.04. The molecule has 0 amide bonds. The van der Waals surface area contributed by atoms with Gasteiger partial charge in [-0.05, 0) is 19.4 Å². The van der Waals surface area contributed by atoms with Crippen LogP contribution in [0.4, 0.5) is 0 Å². The molecule has 0 aliphatic heterocycles. The molecule has 0 bridgehead atoms. The molecule has 1 N–H and O–H groups in total. The Morgan fingerprint density at radius 3 is 2.78 bits per heavy atom. The lowest BCUT2D eigenvalue weighted by Crippen LogP contribution is -2.05. The minimum atomic E-state index is -0.578. The third kappa shape index (κ3) is 2.14. The second-order valence-corrected chi connectivity index (χ2v) is 4.85. The number of aromatic nitrogens is 1.